The molecule has 0 unspecified atom stereocenters. The first-order chi connectivity index (χ1) is 12.1. The molecule has 0 radical (unpaired) electrons. The molecule has 0 saturated heterocycles. The van der Waals surface area contributed by atoms with Gasteiger partial charge >= 0.3 is 5.63 Å². The van der Waals surface area contributed by atoms with Gasteiger partial charge in [0.1, 0.15) is 0 Å². The molecule has 3 aromatic rings. The molecule has 1 heterocycles. The van der Waals surface area contributed by atoms with Crippen molar-refractivity contribution in [2.24, 2.45) is 5.92 Å². The van der Waals surface area contributed by atoms with Crippen LogP contribution < -0.4 is 5.63 Å². The summed E-state index contributed by atoms with van der Waals surface area (Å²) in [5, 5.41) is 2.01. The van der Waals surface area contributed by atoms with Crippen LogP contribution in [0.4, 0.5) is 4.39 Å². The first-order valence-corrected chi connectivity index (χ1v) is 9.26. The molecule has 0 amide bonds. The van der Waals surface area contributed by atoms with Gasteiger partial charge in [-0.1, -0.05) is 51.0 Å². The second kappa shape index (κ2) is 6.29. The van der Waals surface area contributed by atoms with Crippen LogP contribution in [0.2, 0.25) is 0 Å². The largest absolute Gasteiger partial charge is 0.419 e. The highest BCUT2D eigenvalue weighted by Crippen LogP contribution is 2.37. The Morgan fingerprint density at radius 1 is 1.04 bits per heavy atom. The lowest BCUT2D eigenvalue weighted by molar-refractivity contribution is 0.348. The number of hydrogen-bond donors (Lipinski definition) is 0. The Balaban J connectivity index is 1.87. The minimum Gasteiger partial charge on any atom is -0.419 e. The van der Waals surface area contributed by atoms with E-state index in [1.54, 1.807) is 6.07 Å². The molecule has 1 saturated carbocycles. The van der Waals surface area contributed by atoms with Crippen LogP contribution in [0.15, 0.2) is 39.5 Å². The third-order valence-corrected chi connectivity index (χ3v) is 5.79. The van der Waals surface area contributed by atoms with Crippen molar-refractivity contribution in [3.05, 3.63) is 57.7 Å². The normalized spacial score (nSPS) is 21.1. The smallest absolute Gasteiger partial charge is 0.344 e. The average molecular weight is 338 g/mol. The van der Waals surface area contributed by atoms with Crippen molar-refractivity contribution in [2.75, 3.05) is 0 Å². The van der Waals surface area contributed by atoms with Crippen LogP contribution in [-0.2, 0) is 6.42 Å². The van der Waals surface area contributed by atoms with E-state index in [4.69, 9.17) is 4.42 Å². The molecule has 0 spiro atoms. The van der Waals surface area contributed by atoms with Crippen LogP contribution in [0.3, 0.4) is 0 Å². The molecule has 130 valence electrons. The lowest BCUT2D eigenvalue weighted by Crippen LogP contribution is -2.11. The number of fused-ring (bicyclic) bond motifs is 3. The number of hydrogen-bond acceptors (Lipinski definition) is 2. The second-order valence-corrected chi connectivity index (χ2v) is 7.42. The lowest BCUT2D eigenvalue weighted by atomic mass is 9.79. The summed E-state index contributed by atoms with van der Waals surface area (Å²) in [7, 11) is 0. The van der Waals surface area contributed by atoms with E-state index in [2.05, 4.69) is 13.0 Å². The highest BCUT2D eigenvalue weighted by Gasteiger charge is 2.21. The van der Waals surface area contributed by atoms with Crippen LogP contribution >= 0.6 is 0 Å². The molecule has 1 fully saturated rings. The zero-order chi connectivity index (χ0) is 17.6. The predicted octanol–water partition coefficient (Wildman–Crippen LogP) is 5.94. The standard InChI is InChI=1S/C22H23FO2/c1-3-14-8-11-18-17-10-9-16(15-6-4-13(2)5-7-15)12-19(17)22(24)25-21(18)20(14)23/h8-13,15H,3-7H2,1-2H3. The van der Waals surface area contributed by atoms with Gasteiger partial charge in [-0.25, -0.2) is 9.18 Å². The van der Waals surface area contributed by atoms with E-state index in [9.17, 15) is 9.18 Å². The Morgan fingerprint density at radius 2 is 1.76 bits per heavy atom. The predicted molar refractivity (Wildman–Crippen MR) is 99.7 cm³/mol. The summed E-state index contributed by atoms with van der Waals surface area (Å²) < 4.78 is 19.9. The molecular formula is C22H23FO2. The van der Waals surface area contributed by atoms with Gasteiger partial charge in [0.2, 0.25) is 0 Å². The number of benzene rings is 2. The first-order valence-electron chi connectivity index (χ1n) is 9.26. The summed E-state index contributed by atoms with van der Waals surface area (Å²) in [6.07, 6.45) is 5.38. The number of aryl methyl sites for hydroxylation is 1. The van der Waals surface area contributed by atoms with E-state index in [1.807, 2.05) is 25.1 Å². The van der Waals surface area contributed by atoms with Gasteiger partial charge < -0.3 is 4.42 Å². The molecule has 1 aromatic heterocycles. The fourth-order valence-corrected chi connectivity index (χ4v) is 4.14. The first kappa shape index (κ1) is 16.3. The monoisotopic (exact) mass is 338 g/mol. The maximum absolute atomic E-state index is 14.6. The van der Waals surface area contributed by atoms with Crippen LogP contribution in [0.1, 0.15) is 56.6 Å². The lowest BCUT2D eigenvalue weighted by Gasteiger charge is -2.26. The molecular weight excluding hydrogens is 315 g/mol. The molecule has 3 heteroatoms. The summed E-state index contributed by atoms with van der Waals surface area (Å²) in [6.45, 7) is 4.19. The highest BCUT2D eigenvalue weighted by atomic mass is 19.1. The van der Waals surface area contributed by atoms with E-state index in [0.29, 0.717) is 28.7 Å². The van der Waals surface area contributed by atoms with E-state index < -0.39 is 11.4 Å². The van der Waals surface area contributed by atoms with Crippen molar-refractivity contribution in [1.29, 1.82) is 0 Å². The maximum Gasteiger partial charge on any atom is 0.344 e. The Bertz CT molecular complexity index is 994. The Morgan fingerprint density at radius 3 is 2.48 bits per heavy atom. The zero-order valence-corrected chi connectivity index (χ0v) is 14.8. The molecule has 4 rings (SSSR count). The van der Waals surface area contributed by atoms with E-state index >= 15 is 0 Å². The van der Waals surface area contributed by atoms with Crippen molar-refractivity contribution >= 4 is 21.7 Å². The van der Waals surface area contributed by atoms with Crippen LogP contribution in [0.25, 0.3) is 21.7 Å². The van der Waals surface area contributed by atoms with E-state index in [1.165, 1.54) is 31.2 Å². The Kier molecular flexibility index (Phi) is 4.10. The van der Waals surface area contributed by atoms with Crippen LogP contribution in [0, 0.1) is 11.7 Å². The van der Waals surface area contributed by atoms with Crippen LogP contribution in [0.5, 0.6) is 0 Å². The van der Waals surface area contributed by atoms with Crippen molar-refractivity contribution in [3.63, 3.8) is 0 Å². The topological polar surface area (TPSA) is 30.2 Å². The third-order valence-electron chi connectivity index (χ3n) is 5.79. The van der Waals surface area contributed by atoms with Gasteiger partial charge in [0.25, 0.3) is 0 Å². The SMILES string of the molecule is CCc1ccc2c(oc(=O)c3cc(C4CCC(C)CC4)ccc32)c1F. The third kappa shape index (κ3) is 2.76. The average Bonchev–Trinajstić information content (AvgIpc) is 2.63. The van der Waals surface area contributed by atoms with E-state index in [0.717, 1.165) is 11.3 Å². The fraction of sp³-hybridized carbons (Fsp3) is 0.409. The van der Waals surface area contributed by atoms with Gasteiger partial charge in [0.05, 0.1) is 5.39 Å². The molecule has 2 nitrogen and oxygen atoms in total. The van der Waals surface area contributed by atoms with Crippen LogP contribution in [-0.4, -0.2) is 0 Å². The van der Waals surface area contributed by atoms with Gasteiger partial charge in [0.15, 0.2) is 11.4 Å². The summed E-state index contributed by atoms with van der Waals surface area (Å²) in [4.78, 5) is 12.5. The summed E-state index contributed by atoms with van der Waals surface area (Å²) in [5.41, 5.74) is 1.41. The molecule has 25 heavy (non-hydrogen) atoms. The van der Waals surface area contributed by atoms with Crippen molar-refractivity contribution in [3.8, 4) is 0 Å². The quantitative estimate of drug-likeness (QED) is 0.427. The highest BCUT2D eigenvalue weighted by molar-refractivity contribution is 6.04. The van der Waals surface area contributed by atoms with E-state index in [-0.39, 0.29) is 5.58 Å². The van der Waals surface area contributed by atoms with Crippen molar-refractivity contribution in [1.82, 2.24) is 0 Å². The number of rotatable bonds is 2. The molecule has 0 aliphatic heterocycles. The summed E-state index contributed by atoms with van der Waals surface area (Å²) in [5.74, 6) is 0.890. The number of halogens is 1. The minimum atomic E-state index is -0.444. The zero-order valence-electron chi connectivity index (χ0n) is 14.8. The van der Waals surface area contributed by atoms with Crippen molar-refractivity contribution < 1.29 is 8.81 Å². The summed E-state index contributed by atoms with van der Waals surface area (Å²) in [6, 6.07) is 9.69. The van der Waals surface area contributed by atoms with Gasteiger partial charge in [0, 0.05) is 10.8 Å². The Hall–Kier alpha value is -2.16. The van der Waals surface area contributed by atoms with Gasteiger partial charge in [-0.05, 0) is 48.3 Å². The Labute approximate surface area is 146 Å². The molecule has 0 N–H and O–H groups in total. The van der Waals surface area contributed by atoms with Gasteiger partial charge in [-0.3, -0.25) is 0 Å². The molecule has 2 aromatic carbocycles. The maximum atomic E-state index is 14.6. The van der Waals surface area contributed by atoms with Crippen molar-refractivity contribution in [2.45, 2.75) is 51.9 Å². The molecule has 0 bridgehead atoms. The molecule has 1 aliphatic rings. The van der Waals surface area contributed by atoms with Gasteiger partial charge in [-0.15, -0.1) is 0 Å². The fourth-order valence-electron chi connectivity index (χ4n) is 4.14. The summed E-state index contributed by atoms with van der Waals surface area (Å²) >= 11 is 0. The van der Waals surface area contributed by atoms with Gasteiger partial charge in [-0.2, -0.15) is 0 Å². The molecule has 1 aliphatic carbocycles. The molecule has 0 atom stereocenters. The minimum absolute atomic E-state index is 0.0797. The second-order valence-electron chi connectivity index (χ2n) is 7.42.